The van der Waals surface area contributed by atoms with E-state index < -0.39 is 0 Å². The highest BCUT2D eigenvalue weighted by Crippen LogP contribution is 2.29. The van der Waals surface area contributed by atoms with Crippen molar-refractivity contribution < 1.29 is 4.79 Å². The van der Waals surface area contributed by atoms with Crippen molar-refractivity contribution >= 4 is 49.0 Å². The standard InChI is InChI=1S/C13H10Br2OS/c1-7-3-9(6-10(14)4-7)12(16)11-5-8(2)13(15)17-11/h3-6H,1-2H3. The Balaban J connectivity index is 2.43. The largest absolute Gasteiger partial charge is 0.288 e. The highest BCUT2D eigenvalue weighted by Gasteiger charge is 2.14. The molecule has 17 heavy (non-hydrogen) atoms. The molecule has 0 radical (unpaired) electrons. The topological polar surface area (TPSA) is 17.1 Å². The summed E-state index contributed by atoms with van der Waals surface area (Å²) < 4.78 is 1.96. The second-order valence-corrected chi connectivity index (χ2v) is 7.20. The molecule has 0 fully saturated rings. The molecule has 0 saturated carbocycles. The molecule has 1 heterocycles. The summed E-state index contributed by atoms with van der Waals surface area (Å²) in [5.74, 6) is 0.0770. The molecule has 0 saturated heterocycles. The van der Waals surface area contributed by atoms with Crippen LogP contribution >= 0.6 is 43.2 Å². The van der Waals surface area contributed by atoms with Gasteiger partial charge >= 0.3 is 0 Å². The van der Waals surface area contributed by atoms with Gasteiger partial charge in [0.05, 0.1) is 8.66 Å². The first-order valence-corrected chi connectivity index (χ1v) is 7.45. The third kappa shape index (κ3) is 2.87. The maximum Gasteiger partial charge on any atom is 0.203 e. The zero-order valence-electron chi connectivity index (χ0n) is 9.38. The number of rotatable bonds is 2. The van der Waals surface area contributed by atoms with Gasteiger partial charge < -0.3 is 0 Å². The van der Waals surface area contributed by atoms with Crippen molar-refractivity contribution in [2.45, 2.75) is 13.8 Å². The predicted octanol–water partition coefficient (Wildman–Crippen LogP) is 5.12. The molecule has 1 aromatic heterocycles. The van der Waals surface area contributed by atoms with Crippen molar-refractivity contribution in [3.05, 3.63) is 54.1 Å². The number of hydrogen-bond donors (Lipinski definition) is 0. The minimum absolute atomic E-state index is 0.0770. The van der Waals surface area contributed by atoms with Gasteiger partial charge in [-0.2, -0.15) is 0 Å². The van der Waals surface area contributed by atoms with E-state index in [9.17, 15) is 4.79 Å². The molecule has 0 amide bonds. The van der Waals surface area contributed by atoms with E-state index in [1.54, 1.807) is 0 Å². The van der Waals surface area contributed by atoms with Crippen LogP contribution in [0.4, 0.5) is 0 Å². The SMILES string of the molecule is Cc1cc(Br)cc(C(=O)c2cc(C)c(Br)s2)c1. The summed E-state index contributed by atoms with van der Waals surface area (Å²) in [7, 11) is 0. The van der Waals surface area contributed by atoms with Crippen LogP contribution in [0, 0.1) is 13.8 Å². The number of aryl methyl sites for hydroxylation is 2. The van der Waals surface area contributed by atoms with Gasteiger partial charge in [-0.3, -0.25) is 4.79 Å². The van der Waals surface area contributed by atoms with Crippen LogP contribution in [-0.2, 0) is 0 Å². The molecule has 0 unspecified atom stereocenters. The minimum Gasteiger partial charge on any atom is -0.288 e. The van der Waals surface area contributed by atoms with Gasteiger partial charge in [0.1, 0.15) is 0 Å². The Morgan fingerprint density at radius 1 is 1.12 bits per heavy atom. The maximum absolute atomic E-state index is 12.3. The van der Waals surface area contributed by atoms with Crippen molar-refractivity contribution in [1.29, 1.82) is 0 Å². The van der Waals surface area contributed by atoms with E-state index in [2.05, 4.69) is 31.9 Å². The molecule has 2 rings (SSSR count). The van der Waals surface area contributed by atoms with Gasteiger partial charge in [-0.1, -0.05) is 15.9 Å². The quantitative estimate of drug-likeness (QED) is 0.667. The molecule has 0 N–H and O–H groups in total. The zero-order valence-corrected chi connectivity index (χ0v) is 13.4. The lowest BCUT2D eigenvalue weighted by molar-refractivity contribution is 0.104. The van der Waals surface area contributed by atoms with Crippen LogP contribution in [0.3, 0.4) is 0 Å². The van der Waals surface area contributed by atoms with E-state index in [1.165, 1.54) is 11.3 Å². The Morgan fingerprint density at radius 3 is 2.35 bits per heavy atom. The highest BCUT2D eigenvalue weighted by molar-refractivity contribution is 9.11. The van der Waals surface area contributed by atoms with Crippen LogP contribution < -0.4 is 0 Å². The molecule has 0 spiro atoms. The second-order valence-electron chi connectivity index (χ2n) is 3.91. The molecule has 0 aliphatic heterocycles. The van der Waals surface area contributed by atoms with E-state index in [1.807, 2.05) is 38.1 Å². The lowest BCUT2D eigenvalue weighted by Gasteiger charge is -2.01. The summed E-state index contributed by atoms with van der Waals surface area (Å²) in [5.41, 5.74) is 2.91. The Bertz CT molecular complexity index is 547. The van der Waals surface area contributed by atoms with Crippen LogP contribution in [0.1, 0.15) is 26.4 Å². The number of halogens is 2. The first kappa shape index (κ1) is 13.0. The number of benzene rings is 1. The average molecular weight is 374 g/mol. The Kier molecular flexibility index (Phi) is 3.85. The molecular weight excluding hydrogens is 364 g/mol. The number of carbonyl (C=O) groups is 1. The molecule has 0 bridgehead atoms. The number of thiophene rings is 1. The molecule has 1 nitrogen and oxygen atoms in total. The summed E-state index contributed by atoms with van der Waals surface area (Å²) in [5, 5.41) is 0. The second kappa shape index (κ2) is 5.04. The fourth-order valence-corrected chi connectivity index (χ4v) is 3.69. The molecule has 1 aromatic carbocycles. The predicted molar refractivity (Wildman–Crippen MR) is 79.1 cm³/mol. The lowest BCUT2D eigenvalue weighted by atomic mass is 10.1. The van der Waals surface area contributed by atoms with Crippen LogP contribution in [0.2, 0.25) is 0 Å². The van der Waals surface area contributed by atoms with E-state index in [0.29, 0.717) is 0 Å². The van der Waals surface area contributed by atoms with Gasteiger partial charge in [-0.15, -0.1) is 11.3 Å². The Hall–Kier alpha value is -0.450. The fourth-order valence-electron chi connectivity index (χ4n) is 1.58. The molecule has 88 valence electrons. The first-order chi connectivity index (χ1) is 7.97. The van der Waals surface area contributed by atoms with Crippen LogP contribution in [0.5, 0.6) is 0 Å². The van der Waals surface area contributed by atoms with Gasteiger partial charge in [0, 0.05) is 10.0 Å². The smallest absolute Gasteiger partial charge is 0.203 e. The van der Waals surface area contributed by atoms with Crippen molar-refractivity contribution in [1.82, 2.24) is 0 Å². The van der Waals surface area contributed by atoms with Gasteiger partial charge in [0.15, 0.2) is 0 Å². The molecule has 0 aliphatic carbocycles. The number of hydrogen-bond acceptors (Lipinski definition) is 2. The molecule has 0 aliphatic rings. The van der Waals surface area contributed by atoms with Crippen molar-refractivity contribution in [3.63, 3.8) is 0 Å². The van der Waals surface area contributed by atoms with E-state index >= 15 is 0 Å². The van der Waals surface area contributed by atoms with Gasteiger partial charge in [-0.05, 0) is 65.2 Å². The molecule has 0 atom stereocenters. The highest BCUT2D eigenvalue weighted by atomic mass is 79.9. The Morgan fingerprint density at radius 2 is 1.82 bits per heavy atom. The number of ketones is 1. The zero-order chi connectivity index (χ0) is 12.6. The molecule has 2 aromatic rings. The minimum atomic E-state index is 0.0770. The van der Waals surface area contributed by atoms with Crippen LogP contribution in [-0.4, -0.2) is 5.78 Å². The number of carbonyl (C=O) groups excluding carboxylic acids is 1. The monoisotopic (exact) mass is 372 g/mol. The third-order valence-electron chi connectivity index (χ3n) is 2.39. The normalized spacial score (nSPS) is 10.6. The lowest BCUT2D eigenvalue weighted by Crippen LogP contribution is -1.99. The first-order valence-electron chi connectivity index (χ1n) is 5.05. The van der Waals surface area contributed by atoms with Crippen LogP contribution in [0.15, 0.2) is 32.5 Å². The summed E-state index contributed by atoms with van der Waals surface area (Å²) >= 11 is 8.34. The van der Waals surface area contributed by atoms with Crippen molar-refractivity contribution in [3.8, 4) is 0 Å². The third-order valence-corrected chi connectivity index (χ3v) is 4.98. The van der Waals surface area contributed by atoms with E-state index in [-0.39, 0.29) is 5.78 Å². The van der Waals surface area contributed by atoms with Gasteiger partial charge in [-0.25, -0.2) is 0 Å². The van der Waals surface area contributed by atoms with Gasteiger partial charge in [0.2, 0.25) is 5.78 Å². The maximum atomic E-state index is 12.3. The van der Waals surface area contributed by atoms with Crippen molar-refractivity contribution in [2.24, 2.45) is 0 Å². The Labute approximate surface area is 121 Å². The average Bonchev–Trinajstić information content (AvgIpc) is 2.57. The molecular formula is C13H10Br2OS. The molecule has 4 heteroatoms. The summed E-state index contributed by atoms with van der Waals surface area (Å²) in [6.07, 6.45) is 0. The fraction of sp³-hybridized carbons (Fsp3) is 0.154. The van der Waals surface area contributed by atoms with E-state index in [4.69, 9.17) is 0 Å². The van der Waals surface area contributed by atoms with Gasteiger partial charge in [0.25, 0.3) is 0 Å². The summed E-state index contributed by atoms with van der Waals surface area (Å²) in [6, 6.07) is 7.69. The summed E-state index contributed by atoms with van der Waals surface area (Å²) in [4.78, 5) is 13.1. The van der Waals surface area contributed by atoms with E-state index in [0.717, 1.165) is 29.8 Å². The van der Waals surface area contributed by atoms with Crippen molar-refractivity contribution in [2.75, 3.05) is 0 Å². The summed E-state index contributed by atoms with van der Waals surface area (Å²) in [6.45, 7) is 3.97. The van der Waals surface area contributed by atoms with Crippen LogP contribution in [0.25, 0.3) is 0 Å².